The second kappa shape index (κ2) is 7.77. The summed E-state index contributed by atoms with van der Waals surface area (Å²) in [4.78, 5) is 4.48. The maximum absolute atomic E-state index is 14.0. The summed E-state index contributed by atoms with van der Waals surface area (Å²) in [6, 6.07) is 17.2. The van der Waals surface area contributed by atoms with Crippen molar-refractivity contribution in [3.05, 3.63) is 78.1 Å². The molecule has 1 N–H and O–H groups in total. The Bertz CT molecular complexity index is 1340. The maximum Gasteiger partial charge on any atom is 0.263 e. The van der Waals surface area contributed by atoms with E-state index in [0.29, 0.717) is 11.3 Å². The van der Waals surface area contributed by atoms with E-state index in [1.807, 2.05) is 45.0 Å². The molecule has 0 aliphatic heterocycles. The molecule has 0 radical (unpaired) electrons. The Morgan fingerprint density at radius 1 is 1.00 bits per heavy atom. The predicted octanol–water partition coefficient (Wildman–Crippen LogP) is 4.99. The fourth-order valence-corrected chi connectivity index (χ4v) is 4.75. The summed E-state index contributed by atoms with van der Waals surface area (Å²) in [7, 11) is -3.92. The SMILES string of the molecule is CC(C)(C)c1c(CF)nn(-c2cccc3ncccc23)c1NS(=O)(=O)c1ccccc1. The summed E-state index contributed by atoms with van der Waals surface area (Å²) in [5, 5.41) is 5.26. The first-order valence-electron chi connectivity index (χ1n) is 9.83. The topological polar surface area (TPSA) is 76.9 Å². The van der Waals surface area contributed by atoms with Crippen LogP contribution < -0.4 is 4.72 Å². The van der Waals surface area contributed by atoms with E-state index in [0.717, 1.165) is 10.9 Å². The van der Waals surface area contributed by atoms with Crippen LogP contribution in [-0.4, -0.2) is 23.2 Å². The van der Waals surface area contributed by atoms with Gasteiger partial charge >= 0.3 is 0 Å². The highest BCUT2D eigenvalue weighted by atomic mass is 32.2. The number of nitrogens with zero attached hydrogens (tertiary/aromatic N) is 3. The number of halogens is 1. The molecule has 0 atom stereocenters. The Kier molecular flexibility index (Phi) is 5.26. The van der Waals surface area contributed by atoms with Crippen molar-refractivity contribution in [2.24, 2.45) is 0 Å². The molecule has 4 rings (SSSR count). The highest BCUT2D eigenvalue weighted by Gasteiger charge is 2.31. The zero-order chi connectivity index (χ0) is 22.2. The first-order chi connectivity index (χ1) is 14.7. The van der Waals surface area contributed by atoms with E-state index in [4.69, 9.17) is 0 Å². The molecule has 0 saturated carbocycles. The minimum Gasteiger partial charge on any atom is -0.263 e. The number of fused-ring (bicyclic) bond motifs is 1. The number of aromatic nitrogens is 3. The molecular formula is C23H23FN4O2S. The van der Waals surface area contributed by atoms with Crippen molar-refractivity contribution >= 4 is 26.7 Å². The van der Waals surface area contributed by atoms with Crippen LogP contribution >= 0.6 is 0 Å². The number of anilines is 1. The highest BCUT2D eigenvalue weighted by molar-refractivity contribution is 7.92. The molecule has 0 fully saturated rings. The van der Waals surface area contributed by atoms with E-state index >= 15 is 0 Å². The third-order valence-corrected chi connectivity index (χ3v) is 6.32. The van der Waals surface area contributed by atoms with Crippen molar-refractivity contribution in [2.45, 2.75) is 37.8 Å². The standard InChI is InChI=1S/C23H23FN4O2S/c1-23(2,3)21-19(15-24)26-28(20-13-7-12-18-17(20)11-8-14-25-18)22(21)27-31(29,30)16-9-5-4-6-10-16/h4-14,27H,15H2,1-3H3. The lowest BCUT2D eigenvalue weighted by Crippen LogP contribution is -2.21. The lowest BCUT2D eigenvalue weighted by Gasteiger charge is -2.22. The van der Waals surface area contributed by atoms with Crippen LogP contribution in [0.3, 0.4) is 0 Å². The monoisotopic (exact) mass is 438 g/mol. The number of pyridine rings is 1. The molecule has 0 bridgehead atoms. The summed E-state index contributed by atoms with van der Waals surface area (Å²) in [6.07, 6.45) is 1.68. The van der Waals surface area contributed by atoms with E-state index in [-0.39, 0.29) is 16.4 Å². The van der Waals surface area contributed by atoms with Gasteiger partial charge in [0.1, 0.15) is 12.5 Å². The fraction of sp³-hybridized carbons (Fsp3) is 0.217. The molecule has 31 heavy (non-hydrogen) atoms. The minimum atomic E-state index is -3.92. The zero-order valence-corrected chi connectivity index (χ0v) is 18.3. The van der Waals surface area contributed by atoms with Gasteiger partial charge in [-0.2, -0.15) is 5.10 Å². The number of rotatable bonds is 5. The highest BCUT2D eigenvalue weighted by Crippen LogP contribution is 2.37. The summed E-state index contributed by atoms with van der Waals surface area (Å²) in [5.74, 6) is 0.223. The molecule has 2 aromatic heterocycles. The molecule has 0 aliphatic rings. The van der Waals surface area contributed by atoms with Crippen molar-refractivity contribution in [1.29, 1.82) is 0 Å². The van der Waals surface area contributed by atoms with E-state index in [9.17, 15) is 12.8 Å². The molecule has 0 spiro atoms. The van der Waals surface area contributed by atoms with Crippen molar-refractivity contribution in [2.75, 3.05) is 4.72 Å². The third-order valence-electron chi connectivity index (χ3n) is 4.97. The summed E-state index contributed by atoms with van der Waals surface area (Å²) in [5.41, 5.74) is 1.49. The van der Waals surface area contributed by atoms with Gasteiger partial charge in [-0.3, -0.25) is 9.71 Å². The second-order valence-electron chi connectivity index (χ2n) is 8.23. The van der Waals surface area contributed by atoms with Gasteiger partial charge in [-0.25, -0.2) is 17.5 Å². The Morgan fingerprint density at radius 3 is 2.42 bits per heavy atom. The van der Waals surface area contributed by atoms with Crippen LogP contribution in [0.2, 0.25) is 0 Å². The fourth-order valence-electron chi connectivity index (χ4n) is 3.67. The second-order valence-corrected chi connectivity index (χ2v) is 9.91. The number of benzene rings is 2. The first-order valence-corrected chi connectivity index (χ1v) is 11.3. The number of hydrogen-bond acceptors (Lipinski definition) is 4. The average Bonchev–Trinajstić information content (AvgIpc) is 3.12. The van der Waals surface area contributed by atoms with Crippen molar-refractivity contribution in [3.63, 3.8) is 0 Å². The molecule has 0 saturated heterocycles. The number of alkyl halides is 1. The van der Waals surface area contributed by atoms with Crippen LogP contribution in [0.1, 0.15) is 32.0 Å². The van der Waals surface area contributed by atoms with Crippen LogP contribution in [0, 0.1) is 0 Å². The van der Waals surface area contributed by atoms with Gasteiger partial charge in [0, 0.05) is 17.1 Å². The van der Waals surface area contributed by atoms with Crippen molar-refractivity contribution < 1.29 is 12.8 Å². The van der Waals surface area contributed by atoms with Gasteiger partial charge in [-0.05, 0) is 41.8 Å². The zero-order valence-electron chi connectivity index (χ0n) is 17.5. The normalized spacial score (nSPS) is 12.3. The minimum absolute atomic E-state index is 0.115. The van der Waals surface area contributed by atoms with E-state index in [2.05, 4.69) is 14.8 Å². The molecular weight excluding hydrogens is 415 g/mol. The van der Waals surface area contributed by atoms with Gasteiger partial charge in [-0.1, -0.05) is 45.0 Å². The van der Waals surface area contributed by atoms with Crippen LogP contribution in [0.4, 0.5) is 10.2 Å². The third kappa shape index (κ3) is 3.90. The van der Waals surface area contributed by atoms with Gasteiger partial charge in [0.15, 0.2) is 0 Å². The van der Waals surface area contributed by atoms with Gasteiger partial charge < -0.3 is 0 Å². The van der Waals surface area contributed by atoms with Gasteiger partial charge in [-0.15, -0.1) is 0 Å². The summed E-state index contributed by atoms with van der Waals surface area (Å²) in [6.45, 7) is 4.89. The number of sulfonamides is 1. The smallest absolute Gasteiger partial charge is 0.263 e. The van der Waals surface area contributed by atoms with Crippen LogP contribution in [-0.2, 0) is 22.1 Å². The Labute approximate surface area is 180 Å². The number of hydrogen-bond donors (Lipinski definition) is 1. The first kappa shape index (κ1) is 21.0. The lowest BCUT2D eigenvalue weighted by atomic mass is 9.86. The van der Waals surface area contributed by atoms with Crippen molar-refractivity contribution in [1.82, 2.24) is 14.8 Å². The molecule has 0 unspecified atom stereocenters. The van der Waals surface area contributed by atoms with Crippen molar-refractivity contribution in [3.8, 4) is 5.69 Å². The van der Waals surface area contributed by atoms with E-state index in [1.54, 1.807) is 30.5 Å². The van der Waals surface area contributed by atoms with Crippen LogP contribution in [0.15, 0.2) is 71.8 Å². The Balaban J connectivity index is 2.00. The van der Waals surface area contributed by atoms with E-state index < -0.39 is 22.1 Å². The van der Waals surface area contributed by atoms with Gasteiger partial charge in [0.2, 0.25) is 0 Å². The predicted molar refractivity (Wildman–Crippen MR) is 120 cm³/mol. The molecule has 6 nitrogen and oxygen atoms in total. The van der Waals surface area contributed by atoms with Gasteiger partial charge in [0.25, 0.3) is 10.0 Å². The van der Waals surface area contributed by atoms with Crippen LogP contribution in [0.25, 0.3) is 16.6 Å². The Hall–Kier alpha value is -3.26. The quantitative estimate of drug-likeness (QED) is 0.476. The Morgan fingerprint density at radius 2 is 1.74 bits per heavy atom. The summed E-state index contributed by atoms with van der Waals surface area (Å²) < 4.78 is 44.5. The molecule has 0 aliphatic carbocycles. The van der Waals surface area contributed by atoms with Gasteiger partial charge in [0.05, 0.1) is 21.8 Å². The largest absolute Gasteiger partial charge is 0.263 e. The molecule has 8 heteroatoms. The molecule has 160 valence electrons. The average molecular weight is 439 g/mol. The molecule has 2 aromatic carbocycles. The van der Waals surface area contributed by atoms with Crippen LogP contribution in [0.5, 0.6) is 0 Å². The van der Waals surface area contributed by atoms with E-state index in [1.165, 1.54) is 16.8 Å². The molecule has 4 aromatic rings. The molecule has 2 heterocycles. The summed E-state index contributed by atoms with van der Waals surface area (Å²) >= 11 is 0. The number of nitrogens with one attached hydrogen (secondary N) is 1. The maximum atomic E-state index is 14.0. The lowest BCUT2D eigenvalue weighted by molar-refractivity contribution is 0.461. The molecule has 0 amide bonds.